The summed E-state index contributed by atoms with van der Waals surface area (Å²) in [5.74, 6) is -4.34. The van der Waals surface area contributed by atoms with Gasteiger partial charge in [-0.25, -0.2) is 8.42 Å². The van der Waals surface area contributed by atoms with Crippen LogP contribution < -0.4 is 0 Å². The first-order chi connectivity index (χ1) is 25.7. The maximum atomic E-state index is 13.7. The van der Waals surface area contributed by atoms with Gasteiger partial charge in [0.05, 0.1) is 48.7 Å². The van der Waals surface area contributed by atoms with Gasteiger partial charge in [0.2, 0.25) is 15.1 Å². The zero-order chi connectivity index (χ0) is 41.5. The zero-order valence-electron chi connectivity index (χ0n) is 33.2. The van der Waals surface area contributed by atoms with Gasteiger partial charge in [-0.1, -0.05) is 17.2 Å². The molecular formula is C34H51N8O12S2+. The van der Waals surface area contributed by atoms with Gasteiger partial charge in [-0.05, 0) is 95.9 Å². The average molecular weight is 828 g/mol. The molecule has 0 amide bonds. The van der Waals surface area contributed by atoms with Crippen molar-refractivity contribution >= 4 is 31.8 Å². The number of carbonyl (C=O) groups is 2. The minimum atomic E-state index is -4.19. The fourth-order valence-electron chi connectivity index (χ4n) is 6.59. The van der Waals surface area contributed by atoms with Gasteiger partial charge in [0.1, 0.15) is 17.0 Å². The summed E-state index contributed by atoms with van der Waals surface area (Å²) >= 11 is 0. The molecule has 2 saturated heterocycles. The van der Waals surface area contributed by atoms with Crippen LogP contribution in [0.3, 0.4) is 0 Å². The van der Waals surface area contributed by atoms with Crippen molar-refractivity contribution in [2.24, 2.45) is 15.6 Å². The Bertz CT molecular complexity index is 2050. The summed E-state index contributed by atoms with van der Waals surface area (Å²) in [6.45, 7) is 17.0. The number of benzene rings is 1. The van der Waals surface area contributed by atoms with E-state index in [0.29, 0.717) is 5.56 Å². The van der Waals surface area contributed by atoms with E-state index in [-0.39, 0.29) is 31.4 Å². The third-order valence-corrected chi connectivity index (χ3v) is 11.5. The molecule has 3 aliphatic heterocycles. The summed E-state index contributed by atoms with van der Waals surface area (Å²) < 4.78 is 91.1. The Morgan fingerprint density at radius 2 is 1.27 bits per heavy atom. The third kappa shape index (κ3) is 11.6. The highest BCUT2D eigenvalue weighted by atomic mass is 32.2. The van der Waals surface area contributed by atoms with E-state index in [1.165, 1.54) is 24.3 Å². The molecule has 20 nitrogen and oxygen atoms in total. The quantitative estimate of drug-likeness (QED) is 0.218. The molecule has 0 spiro atoms. The van der Waals surface area contributed by atoms with Crippen LogP contribution >= 0.6 is 0 Å². The molecule has 22 heteroatoms. The van der Waals surface area contributed by atoms with E-state index in [0.717, 1.165) is 8.78 Å². The Kier molecular flexibility index (Phi) is 12.2. The van der Waals surface area contributed by atoms with Crippen LogP contribution in [0.15, 0.2) is 45.0 Å². The molecule has 310 valence electrons. The number of tetrazole rings is 1. The highest BCUT2D eigenvalue weighted by molar-refractivity contribution is 7.91. The number of ether oxygens (including phenoxy) is 6. The molecule has 3 aliphatic rings. The molecule has 56 heavy (non-hydrogen) atoms. The van der Waals surface area contributed by atoms with Crippen LogP contribution in [0, 0.1) is 0 Å². The Morgan fingerprint density at radius 3 is 1.77 bits per heavy atom. The predicted molar refractivity (Wildman–Crippen MR) is 193 cm³/mol. The highest BCUT2D eigenvalue weighted by Crippen LogP contribution is 2.34. The SMILES string of the molecule is CC(C)(C)OC(=O)C[C@H]1C[C@@H](CS(=O)(=O)c2nnnn2-c2ccc(C3N=NN=[N+]3S(=O)(=O)C[C@@H]3C[C@H](CC(=O)OC(C)(C)C)OC(C)(C)O3)cc2)OC(C)(C)O1. The first-order valence-electron chi connectivity index (χ1n) is 18.1. The molecule has 2 aromatic rings. The van der Waals surface area contributed by atoms with E-state index < -0.39 is 102 Å². The largest absolute Gasteiger partial charge is 0.460 e. The van der Waals surface area contributed by atoms with Crippen molar-refractivity contribution in [3.63, 3.8) is 0 Å². The zero-order valence-corrected chi connectivity index (χ0v) is 34.9. The molecule has 1 unspecified atom stereocenters. The van der Waals surface area contributed by atoms with E-state index in [2.05, 4.69) is 31.1 Å². The molecule has 2 fully saturated rings. The summed E-state index contributed by atoms with van der Waals surface area (Å²) in [5, 5.41) is 22.2. The van der Waals surface area contributed by atoms with E-state index in [9.17, 15) is 26.4 Å². The molecule has 0 radical (unpaired) electrons. The van der Waals surface area contributed by atoms with Crippen molar-refractivity contribution < 1.29 is 58.9 Å². The predicted octanol–water partition coefficient (Wildman–Crippen LogP) is 3.89. The Labute approximate surface area is 326 Å². The van der Waals surface area contributed by atoms with Crippen LogP contribution in [-0.4, -0.2) is 112 Å². The molecule has 0 saturated carbocycles. The van der Waals surface area contributed by atoms with Crippen molar-refractivity contribution in [3.8, 4) is 5.69 Å². The second-order valence-electron chi connectivity index (χ2n) is 16.8. The van der Waals surface area contributed by atoms with Gasteiger partial charge < -0.3 is 28.4 Å². The summed E-state index contributed by atoms with van der Waals surface area (Å²) in [6.07, 6.45) is -4.17. The smallest absolute Gasteiger partial charge is 0.324 e. The summed E-state index contributed by atoms with van der Waals surface area (Å²) in [5.41, 5.74) is -0.773. The van der Waals surface area contributed by atoms with E-state index in [4.69, 9.17) is 28.4 Å². The van der Waals surface area contributed by atoms with Gasteiger partial charge in [0.15, 0.2) is 16.8 Å². The van der Waals surface area contributed by atoms with Crippen molar-refractivity contribution in [1.82, 2.24) is 20.2 Å². The minimum absolute atomic E-state index is 0.0868. The lowest BCUT2D eigenvalue weighted by molar-refractivity contribution is -0.479. The molecular weight excluding hydrogens is 777 g/mol. The van der Waals surface area contributed by atoms with E-state index >= 15 is 0 Å². The van der Waals surface area contributed by atoms with Crippen LogP contribution in [0.25, 0.3) is 5.69 Å². The molecule has 5 atom stereocenters. The lowest BCUT2D eigenvalue weighted by Gasteiger charge is -2.40. The number of hydrogen-bond donors (Lipinski definition) is 0. The molecule has 0 aliphatic carbocycles. The van der Waals surface area contributed by atoms with Crippen molar-refractivity contribution in [3.05, 3.63) is 29.8 Å². The molecule has 5 rings (SSSR count). The fourth-order valence-corrected chi connectivity index (χ4v) is 9.44. The number of carbonyl (C=O) groups excluding carboxylic acids is 2. The van der Waals surface area contributed by atoms with Gasteiger partial charge in [-0.2, -0.15) is 13.1 Å². The Morgan fingerprint density at radius 1 is 0.786 bits per heavy atom. The Hall–Kier alpha value is -3.83. The third-order valence-electron chi connectivity index (χ3n) is 8.22. The topological polar surface area (TPSA) is 241 Å². The summed E-state index contributed by atoms with van der Waals surface area (Å²) in [4.78, 5) is 25.0. The second-order valence-corrected chi connectivity index (χ2v) is 20.6. The van der Waals surface area contributed by atoms with Crippen LogP contribution in [-0.2, 0) is 57.9 Å². The van der Waals surface area contributed by atoms with Crippen LogP contribution in [0.5, 0.6) is 0 Å². The minimum Gasteiger partial charge on any atom is -0.460 e. The van der Waals surface area contributed by atoms with Crippen LogP contribution in [0.4, 0.5) is 0 Å². The lowest BCUT2D eigenvalue weighted by atomic mass is 10.1. The first-order valence-corrected chi connectivity index (χ1v) is 21.3. The average Bonchev–Trinajstić information content (AvgIpc) is 3.69. The summed E-state index contributed by atoms with van der Waals surface area (Å²) in [7, 11) is -8.36. The maximum absolute atomic E-state index is 13.7. The maximum Gasteiger partial charge on any atom is 0.324 e. The number of sulfone groups is 1. The van der Waals surface area contributed by atoms with Gasteiger partial charge in [-0.15, -0.1) is 0 Å². The van der Waals surface area contributed by atoms with Gasteiger partial charge in [-0.3, -0.25) is 9.59 Å². The van der Waals surface area contributed by atoms with Gasteiger partial charge in [0.25, 0.3) is 11.3 Å². The van der Waals surface area contributed by atoms with Crippen molar-refractivity contribution in [1.29, 1.82) is 0 Å². The summed E-state index contributed by atoms with van der Waals surface area (Å²) in [6, 6.07) is 6.05. The molecule has 4 heterocycles. The molecule has 1 aromatic carbocycles. The fraction of sp³-hybridized carbons (Fsp3) is 0.735. The van der Waals surface area contributed by atoms with E-state index in [1.807, 2.05) is 0 Å². The number of esters is 2. The number of rotatable bonds is 12. The normalized spacial score (nSPS) is 25.4. The number of aromatic nitrogens is 4. The van der Waals surface area contributed by atoms with Crippen LogP contribution in [0.1, 0.15) is 107 Å². The first kappa shape index (κ1) is 43.3. The standard InChI is InChI=1S/C34H51N8O12S2/c1-31(2,3)53-27(43)17-23-15-25(51-33(7,8)49-23)19-55(45,46)30-36-38-39-41(30)22-13-11-21(12-14-22)29-35-37-40-42(29)56(47,48)20-26-16-24(50-34(9,10)52-26)18-28(44)54-32(4,5)6/h11-14,23-26,29H,15-20H2,1-10H3/q+1/t23-,24-,25+,26+,29?/m1/s1. The van der Waals surface area contributed by atoms with Gasteiger partial charge >= 0.3 is 22.0 Å². The van der Waals surface area contributed by atoms with Crippen molar-refractivity contribution in [2.45, 2.75) is 153 Å². The monoisotopic (exact) mass is 827 g/mol. The van der Waals surface area contributed by atoms with E-state index in [1.54, 1.807) is 69.2 Å². The number of sulfonamides is 1. The van der Waals surface area contributed by atoms with Crippen molar-refractivity contribution in [2.75, 3.05) is 11.5 Å². The second kappa shape index (κ2) is 15.8. The number of hydrogen-bond acceptors (Lipinski definition) is 18. The molecule has 1 aromatic heterocycles. The Balaban J connectivity index is 1.26. The lowest BCUT2D eigenvalue weighted by Crippen LogP contribution is -2.48. The van der Waals surface area contributed by atoms with Gasteiger partial charge in [0, 0.05) is 23.5 Å². The highest BCUT2D eigenvalue weighted by Gasteiger charge is 2.45. The van der Waals surface area contributed by atoms with Crippen LogP contribution in [0.2, 0.25) is 0 Å². The molecule has 0 bridgehead atoms. The number of nitrogens with zero attached hydrogens (tertiary/aromatic N) is 8. The molecule has 0 N–H and O–H groups in total.